The fourth-order valence-electron chi connectivity index (χ4n) is 2.60. The van der Waals surface area contributed by atoms with Crippen LogP contribution in [0.1, 0.15) is 17.0 Å². The molecule has 0 aliphatic carbocycles. The average molecular weight is 351 g/mol. The summed E-state index contributed by atoms with van der Waals surface area (Å²) in [6, 6.07) is 14.0. The number of amides is 1. The maximum absolute atomic E-state index is 12.4. The highest BCUT2D eigenvalue weighted by Crippen LogP contribution is 2.26. The number of aryl methyl sites for hydroxylation is 1. The number of nitrogens with one attached hydrogen (secondary N) is 1. The van der Waals surface area contributed by atoms with Crippen molar-refractivity contribution < 1.29 is 14.1 Å². The molecule has 1 aromatic heterocycles. The zero-order valence-corrected chi connectivity index (χ0v) is 14.4. The summed E-state index contributed by atoms with van der Waals surface area (Å²) in [7, 11) is 0. The molecule has 26 heavy (non-hydrogen) atoms. The number of carbonyl (C=O) groups excluding carboxylic acids is 1. The predicted molar refractivity (Wildman–Crippen MR) is 96.8 cm³/mol. The summed E-state index contributed by atoms with van der Waals surface area (Å²) in [5.74, 6) is 0.705. The van der Waals surface area contributed by atoms with Gasteiger partial charge in [-0.15, -0.1) is 0 Å². The van der Waals surface area contributed by atoms with Gasteiger partial charge in [-0.1, -0.05) is 24.3 Å². The van der Waals surface area contributed by atoms with Crippen LogP contribution in [0.3, 0.4) is 0 Å². The van der Waals surface area contributed by atoms with Gasteiger partial charge in [0.05, 0.1) is 28.3 Å². The molecule has 3 rings (SSSR count). The molecule has 7 nitrogen and oxygen atoms in total. The summed E-state index contributed by atoms with van der Waals surface area (Å²) in [5.41, 5.74) is 2.15. The normalized spacial score (nSPS) is 10.5. The van der Waals surface area contributed by atoms with Gasteiger partial charge in [0.25, 0.3) is 5.69 Å². The minimum absolute atomic E-state index is 0.0182. The van der Waals surface area contributed by atoms with Crippen LogP contribution < -0.4 is 5.32 Å². The highest BCUT2D eigenvalue weighted by Gasteiger charge is 2.17. The van der Waals surface area contributed by atoms with Gasteiger partial charge in [0.15, 0.2) is 0 Å². The Morgan fingerprint density at radius 2 is 1.88 bits per heavy atom. The van der Waals surface area contributed by atoms with Gasteiger partial charge in [0, 0.05) is 11.6 Å². The predicted octanol–water partition coefficient (Wildman–Crippen LogP) is 4.05. The van der Waals surface area contributed by atoms with E-state index in [-0.39, 0.29) is 18.0 Å². The molecule has 0 saturated heterocycles. The Kier molecular flexibility index (Phi) is 4.79. The highest BCUT2D eigenvalue weighted by molar-refractivity contribution is 5.93. The van der Waals surface area contributed by atoms with E-state index in [4.69, 9.17) is 4.42 Å². The molecule has 1 N–H and O–H groups in total. The topological polar surface area (TPSA) is 98.3 Å². The molecule has 0 atom stereocenters. The minimum atomic E-state index is -0.473. The van der Waals surface area contributed by atoms with E-state index in [0.29, 0.717) is 28.6 Å². The van der Waals surface area contributed by atoms with E-state index >= 15 is 0 Å². The second kappa shape index (κ2) is 7.18. The van der Waals surface area contributed by atoms with Crippen LogP contribution in [0.25, 0.3) is 11.5 Å². The Morgan fingerprint density at radius 3 is 2.58 bits per heavy atom. The van der Waals surface area contributed by atoms with E-state index in [1.54, 1.807) is 19.9 Å². The zero-order valence-electron chi connectivity index (χ0n) is 14.4. The van der Waals surface area contributed by atoms with Gasteiger partial charge in [0.2, 0.25) is 11.8 Å². The quantitative estimate of drug-likeness (QED) is 0.552. The Labute approximate surface area is 149 Å². The van der Waals surface area contributed by atoms with Gasteiger partial charge in [-0.05, 0) is 32.0 Å². The molecule has 0 radical (unpaired) electrons. The van der Waals surface area contributed by atoms with E-state index in [2.05, 4.69) is 10.3 Å². The molecule has 0 aliphatic heterocycles. The number of nitrogens with zero attached hydrogens (tertiary/aromatic N) is 2. The third-order valence-corrected chi connectivity index (χ3v) is 4.02. The largest absolute Gasteiger partial charge is 0.441 e. The van der Waals surface area contributed by atoms with Crippen molar-refractivity contribution in [3.8, 4) is 11.5 Å². The second-order valence-electron chi connectivity index (χ2n) is 5.82. The van der Waals surface area contributed by atoms with Crippen molar-refractivity contribution in [3.05, 3.63) is 75.7 Å². The zero-order chi connectivity index (χ0) is 18.7. The molecule has 0 aliphatic rings. The molecule has 0 saturated carbocycles. The van der Waals surface area contributed by atoms with Crippen LogP contribution in [-0.4, -0.2) is 15.8 Å². The smallest absolute Gasteiger partial charge is 0.274 e. The maximum Gasteiger partial charge on any atom is 0.274 e. The number of hydrogen-bond acceptors (Lipinski definition) is 5. The van der Waals surface area contributed by atoms with Gasteiger partial charge in [-0.2, -0.15) is 0 Å². The van der Waals surface area contributed by atoms with Crippen LogP contribution in [0.2, 0.25) is 0 Å². The first-order valence-corrected chi connectivity index (χ1v) is 8.01. The number of carbonyl (C=O) groups is 1. The highest BCUT2D eigenvalue weighted by atomic mass is 16.6. The number of nitro groups is 1. The first-order valence-electron chi connectivity index (χ1n) is 8.01. The lowest BCUT2D eigenvalue weighted by molar-refractivity contribution is -0.385. The first kappa shape index (κ1) is 17.3. The third-order valence-electron chi connectivity index (χ3n) is 4.02. The van der Waals surface area contributed by atoms with Gasteiger partial charge in [-0.25, -0.2) is 4.98 Å². The van der Waals surface area contributed by atoms with Crippen LogP contribution in [0.5, 0.6) is 0 Å². The van der Waals surface area contributed by atoms with Crippen LogP contribution in [-0.2, 0) is 11.2 Å². The van der Waals surface area contributed by atoms with Crippen LogP contribution in [0.15, 0.2) is 52.9 Å². The van der Waals surface area contributed by atoms with Crippen molar-refractivity contribution in [3.63, 3.8) is 0 Å². The Hall–Kier alpha value is -3.48. The van der Waals surface area contributed by atoms with Crippen molar-refractivity contribution in [2.24, 2.45) is 0 Å². The van der Waals surface area contributed by atoms with Crippen molar-refractivity contribution >= 4 is 17.3 Å². The second-order valence-corrected chi connectivity index (χ2v) is 5.82. The number of benzene rings is 2. The van der Waals surface area contributed by atoms with Gasteiger partial charge in [-0.3, -0.25) is 14.9 Å². The number of rotatable bonds is 5. The number of aromatic nitrogens is 1. The van der Waals surface area contributed by atoms with Gasteiger partial charge >= 0.3 is 0 Å². The lowest BCUT2D eigenvalue weighted by atomic mass is 10.1. The summed E-state index contributed by atoms with van der Waals surface area (Å²) in [4.78, 5) is 27.3. The molecular formula is C19H17N3O4. The van der Waals surface area contributed by atoms with E-state index < -0.39 is 4.92 Å². The Balaban J connectivity index is 1.76. The monoisotopic (exact) mass is 351 g/mol. The molecule has 132 valence electrons. The van der Waals surface area contributed by atoms with Crippen molar-refractivity contribution in [2.75, 3.05) is 5.32 Å². The fraction of sp³-hybridized carbons (Fsp3) is 0.158. The lowest BCUT2D eigenvalue weighted by Gasteiger charge is -2.07. The van der Waals surface area contributed by atoms with Crippen molar-refractivity contribution in [1.82, 2.24) is 4.98 Å². The van der Waals surface area contributed by atoms with Crippen molar-refractivity contribution in [1.29, 1.82) is 0 Å². The summed E-state index contributed by atoms with van der Waals surface area (Å²) in [6.45, 7) is 3.35. The van der Waals surface area contributed by atoms with Crippen molar-refractivity contribution in [2.45, 2.75) is 20.3 Å². The third kappa shape index (κ3) is 3.61. The Morgan fingerprint density at radius 1 is 1.15 bits per heavy atom. The van der Waals surface area contributed by atoms with E-state index in [1.165, 1.54) is 12.1 Å². The molecule has 0 spiro atoms. The standard InChI is InChI=1S/C19H17N3O4/c1-12-15(9-6-10-17(12)22(24)25)20-18(23)11-16-13(2)26-19(21-16)14-7-4-3-5-8-14/h3-10H,11H2,1-2H3,(H,20,23). The molecule has 0 fully saturated rings. The van der Waals surface area contributed by atoms with E-state index in [0.717, 1.165) is 5.56 Å². The molecule has 7 heteroatoms. The first-order chi connectivity index (χ1) is 12.5. The van der Waals surface area contributed by atoms with Crippen LogP contribution >= 0.6 is 0 Å². The van der Waals surface area contributed by atoms with Gasteiger partial charge < -0.3 is 9.73 Å². The Bertz CT molecular complexity index is 964. The maximum atomic E-state index is 12.4. The SMILES string of the molecule is Cc1oc(-c2ccccc2)nc1CC(=O)Nc1cccc([N+](=O)[O-])c1C. The number of nitro benzene ring substituents is 1. The average Bonchev–Trinajstić information content (AvgIpc) is 2.98. The number of oxazole rings is 1. The minimum Gasteiger partial charge on any atom is -0.441 e. The van der Waals surface area contributed by atoms with E-state index in [9.17, 15) is 14.9 Å². The summed E-state index contributed by atoms with van der Waals surface area (Å²) < 4.78 is 5.65. The molecular weight excluding hydrogens is 334 g/mol. The van der Waals surface area contributed by atoms with Crippen LogP contribution in [0, 0.1) is 24.0 Å². The van der Waals surface area contributed by atoms with E-state index in [1.807, 2.05) is 30.3 Å². The summed E-state index contributed by atoms with van der Waals surface area (Å²) >= 11 is 0. The molecule has 3 aromatic rings. The lowest BCUT2D eigenvalue weighted by Crippen LogP contribution is -2.16. The molecule has 0 unspecified atom stereocenters. The number of hydrogen-bond donors (Lipinski definition) is 1. The molecule has 0 bridgehead atoms. The molecule has 1 heterocycles. The molecule has 2 aromatic carbocycles. The summed E-state index contributed by atoms with van der Waals surface area (Å²) in [5, 5.41) is 13.7. The van der Waals surface area contributed by atoms with Crippen LogP contribution in [0.4, 0.5) is 11.4 Å². The number of anilines is 1. The molecule has 1 amide bonds. The van der Waals surface area contributed by atoms with Gasteiger partial charge in [0.1, 0.15) is 5.76 Å². The fourth-order valence-corrected chi connectivity index (χ4v) is 2.60. The summed E-state index contributed by atoms with van der Waals surface area (Å²) in [6.07, 6.45) is 0.0182.